The summed E-state index contributed by atoms with van der Waals surface area (Å²) in [5.41, 5.74) is 1.12. The lowest BCUT2D eigenvalue weighted by molar-refractivity contribution is -0.186. The van der Waals surface area contributed by atoms with Gasteiger partial charge in [-0.3, -0.25) is 0 Å². The van der Waals surface area contributed by atoms with Gasteiger partial charge in [-0.1, -0.05) is 25.5 Å². The van der Waals surface area contributed by atoms with Gasteiger partial charge in [0.25, 0.3) is 0 Å². The first kappa shape index (κ1) is 16.9. The maximum Gasteiger partial charge on any atom is 0.240 e. The maximum absolute atomic E-state index is 12.3. The van der Waals surface area contributed by atoms with Crippen molar-refractivity contribution >= 4 is 10.0 Å². The van der Waals surface area contributed by atoms with Crippen molar-refractivity contribution in [2.75, 3.05) is 13.2 Å². The van der Waals surface area contributed by atoms with E-state index in [1.165, 1.54) is 6.42 Å². The molecule has 0 unspecified atom stereocenters. The molecular weight excluding hydrogens is 314 g/mol. The van der Waals surface area contributed by atoms with Crippen molar-refractivity contribution in [1.82, 2.24) is 4.72 Å². The highest BCUT2D eigenvalue weighted by atomic mass is 32.2. The minimum atomic E-state index is -3.50. The lowest BCUT2D eigenvalue weighted by atomic mass is 9.94. The van der Waals surface area contributed by atoms with Gasteiger partial charge in [0.2, 0.25) is 10.0 Å². The van der Waals surface area contributed by atoms with Crippen LogP contribution in [0.4, 0.5) is 0 Å². The first-order chi connectivity index (χ1) is 11.0. The van der Waals surface area contributed by atoms with E-state index >= 15 is 0 Å². The molecule has 1 spiro atoms. The van der Waals surface area contributed by atoms with Crippen LogP contribution in [-0.4, -0.2) is 33.5 Å². The SMILES string of the molecule is CCc1ccc(S(=O)(=O)NC[C@H]2COC3(CCCCC3)O2)cc1. The molecule has 1 heterocycles. The number of nitrogens with one attached hydrogen (secondary N) is 1. The lowest BCUT2D eigenvalue weighted by Crippen LogP contribution is -2.37. The average molecular weight is 339 g/mol. The van der Waals surface area contributed by atoms with Crippen LogP contribution in [0.5, 0.6) is 0 Å². The molecule has 0 bridgehead atoms. The zero-order valence-corrected chi connectivity index (χ0v) is 14.4. The van der Waals surface area contributed by atoms with Gasteiger partial charge in [-0.05, 0) is 37.0 Å². The van der Waals surface area contributed by atoms with Crippen molar-refractivity contribution in [1.29, 1.82) is 0 Å². The molecule has 0 radical (unpaired) electrons. The second kappa shape index (κ2) is 6.89. The molecule has 1 N–H and O–H groups in total. The summed E-state index contributed by atoms with van der Waals surface area (Å²) in [5.74, 6) is -0.461. The molecular formula is C17H25NO4S. The summed E-state index contributed by atoms with van der Waals surface area (Å²) in [7, 11) is -3.50. The van der Waals surface area contributed by atoms with E-state index in [-0.39, 0.29) is 12.6 Å². The van der Waals surface area contributed by atoms with Gasteiger partial charge < -0.3 is 9.47 Å². The van der Waals surface area contributed by atoms with Crippen LogP contribution in [0.3, 0.4) is 0 Å². The molecule has 1 aromatic rings. The minimum Gasteiger partial charge on any atom is -0.347 e. The fraction of sp³-hybridized carbons (Fsp3) is 0.647. The zero-order chi connectivity index (χ0) is 16.3. The van der Waals surface area contributed by atoms with Crippen LogP contribution in [0.15, 0.2) is 29.2 Å². The molecule has 128 valence electrons. The second-order valence-electron chi connectivity index (χ2n) is 6.37. The monoisotopic (exact) mass is 339 g/mol. The highest BCUT2D eigenvalue weighted by molar-refractivity contribution is 7.89. The number of hydrogen-bond donors (Lipinski definition) is 1. The molecule has 1 saturated carbocycles. The van der Waals surface area contributed by atoms with E-state index in [9.17, 15) is 8.42 Å². The summed E-state index contributed by atoms with van der Waals surface area (Å²) in [6, 6.07) is 6.99. The van der Waals surface area contributed by atoms with Crippen molar-refractivity contribution in [3.05, 3.63) is 29.8 Å². The van der Waals surface area contributed by atoms with E-state index < -0.39 is 15.8 Å². The smallest absolute Gasteiger partial charge is 0.240 e. The molecule has 0 aromatic heterocycles. The number of aryl methyl sites for hydroxylation is 1. The standard InChI is InChI=1S/C17H25NO4S/c1-2-14-6-8-16(9-7-14)23(19,20)18-12-15-13-21-17(22-15)10-4-3-5-11-17/h6-9,15,18H,2-5,10-13H2,1H3/t15-/m0/s1. The number of sulfonamides is 1. The summed E-state index contributed by atoms with van der Waals surface area (Å²) in [6.07, 6.45) is 5.95. The van der Waals surface area contributed by atoms with Gasteiger partial charge >= 0.3 is 0 Å². The molecule has 1 saturated heterocycles. The van der Waals surface area contributed by atoms with Crippen LogP contribution in [0, 0.1) is 0 Å². The molecule has 1 aliphatic heterocycles. The van der Waals surface area contributed by atoms with E-state index in [0.717, 1.165) is 37.7 Å². The number of benzene rings is 1. The van der Waals surface area contributed by atoms with Crippen LogP contribution in [-0.2, 0) is 25.9 Å². The van der Waals surface area contributed by atoms with E-state index in [2.05, 4.69) is 4.72 Å². The van der Waals surface area contributed by atoms with Crippen molar-refractivity contribution in [2.45, 2.75) is 62.2 Å². The largest absolute Gasteiger partial charge is 0.347 e. The van der Waals surface area contributed by atoms with Crippen LogP contribution in [0.1, 0.15) is 44.6 Å². The van der Waals surface area contributed by atoms with Crippen molar-refractivity contribution in [2.24, 2.45) is 0 Å². The van der Waals surface area contributed by atoms with Crippen molar-refractivity contribution in [3.63, 3.8) is 0 Å². The molecule has 2 aliphatic rings. The Bertz CT molecular complexity index is 620. The lowest BCUT2D eigenvalue weighted by Gasteiger charge is -2.31. The molecule has 1 atom stereocenters. The number of rotatable bonds is 5. The molecule has 1 aromatic carbocycles. The predicted octanol–water partition coefficient (Wildman–Crippen LogP) is 2.60. The summed E-state index contributed by atoms with van der Waals surface area (Å²) in [4.78, 5) is 0.293. The third kappa shape index (κ3) is 3.94. The van der Waals surface area contributed by atoms with E-state index in [4.69, 9.17) is 9.47 Å². The number of ether oxygens (including phenoxy) is 2. The first-order valence-electron chi connectivity index (χ1n) is 8.43. The molecule has 23 heavy (non-hydrogen) atoms. The Morgan fingerprint density at radius 1 is 1.17 bits per heavy atom. The van der Waals surface area contributed by atoms with Gasteiger partial charge in [0.05, 0.1) is 17.6 Å². The Hall–Kier alpha value is -0.950. The highest BCUT2D eigenvalue weighted by Gasteiger charge is 2.42. The Morgan fingerprint density at radius 2 is 1.87 bits per heavy atom. The highest BCUT2D eigenvalue weighted by Crippen LogP contribution is 2.37. The second-order valence-corrected chi connectivity index (χ2v) is 8.14. The summed E-state index contributed by atoms with van der Waals surface area (Å²) in [6.45, 7) is 2.75. The molecule has 3 rings (SSSR count). The minimum absolute atomic E-state index is 0.210. The quantitative estimate of drug-likeness (QED) is 0.895. The van der Waals surface area contributed by atoms with E-state index in [0.29, 0.717) is 11.5 Å². The van der Waals surface area contributed by atoms with Crippen LogP contribution >= 0.6 is 0 Å². The van der Waals surface area contributed by atoms with Crippen molar-refractivity contribution < 1.29 is 17.9 Å². The van der Waals surface area contributed by atoms with Gasteiger partial charge in [0.1, 0.15) is 0 Å². The predicted molar refractivity (Wildman–Crippen MR) is 87.6 cm³/mol. The van der Waals surface area contributed by atoms with Gasteiger partial charge in [0.15, 0.2) is 5.79 Å². The molecule has 1 aliphatic carbocycles. The van der Waals surface area contributed by atoms with E-state index in [1.807, 2.05) is 19.1 Å². The van der Waals surface area contributed by atoms with Gasteiger partial charge in [-0.2, -0.15) is 0 Å². The fourth-order valence-corrected chi connectivity index (χ4v) is 4.33. The van der Waals surface area contributed by atoms with Gasteiger partial charge in [-0.15, -0.1) is 0 Å². The van der Waals surface area contributed by atoms with Crippen LogP contribution < -0.4 is 4.72 Å². The summed E-state index contributed by atoms with van der Waals surface area (Å²) in [5, 5.41) is 0. The number of hydrogen-bond acceptors (Lipinski definition) is 4. The Kier molecular flexibility index (Phi) is 5.06. The molecule has 2 fully saturated rings. The molecule has 6 heteroatoms. The van der Waals surface area contributed by atoms with Gasteiger partial charge in [0, 0.05) is 19.4 Å². The normalized spacial score (nSPS) is 24.1. The zero-order valence-electron chi connectivity index (χ0n) is 13.6. The van der Waals surface area contributed by atoms with Crippen molar-refractivity contribution in [3.8, 4) is 0 Å². The van der Waals surface area contributed by atoms with Crippen LogP contribution in [0.25, 0.3) is 0 Å². The first-order valence-corrected chi connectivity index (χ1v) is 9.92. The molecule has 0 amide bonds. The Balaban J connectivity index is 1.57. The summed E-state index contributed by atoms with van der Waals surface area (Å²) >= 11 is 0. The maximum atomic E-state index is 12.3. The topological polar surface area (TPSA) is 64.6 Å². The fourth-order valence-electron chi connectivity index (χ4n) is 3.26. The Labute approximate surface area is 138 Å². The third-order valence-electron chi connectivity index (χ3n) is 4.67. The Morgan fingerprint density at radius 3 is 2.52 bits per heavy atom. The molecule has 5 nitrogen and oxygen atoms in total. The van der Waals surface area contributed by atoms with Crippen LogP contribution in [0.2, 0.25) is 0 Å². The van der Waals surface area contributed by atoms with E-state index in [1.54, 1.807) is 12.1 Å². The average Bonchev–Trinajstić information content (AvgIpc) is 2.96. The summed E-state index contributed by atoms with van der Waals surface area (Å²) < 4.78 is 39.2. The van der Waals surface area contributed by atoms with Gasteiger partial charge in [-0.25, -0.2) is 13.1 Å². The third-order valence-corrected chi connectivity index (χ3v) is 6.11.